The number of benzene rings is 1. The van der Waals surface area contributed by atoms with Crippen molar-refractivity contribution in [2.24, 2.45) is 0 Å². The van der Waals surface area contributed by atoms with Crippen molar-refractivity contribution >= 4 is 0 Å². The van der Waals surface area contributed by atoms with Crippen LogP contribution in [0.15, 0.2) is 18.2 Å². The third kappa shape index (κ3) is 2.77. The van der Waals surface area contributed by atoms with Gasteiger partial charge in [0.25, 0.3) is 0 Å². The molecule has 1 aromatic carbocycles. The Morgan fingerprint density at radius 2 is 2.06 bits per heavy atom. The van der Waals surface area contributed by atoms with Crippen LogP contribution >= 0.6 is 0 Å². The Kier molecular flexibility index (Phi) is 3.99. The Morgan fingerprint density at radius 3 is 2.65 bits per heavy atom. The van der Waals surface area contributed by atoms with Crippen LogP contribution in [0.2, 0.25) is 0 Å². The highest BCUT2D eigenvalue weighted by Gasteiger charge is 2.21. The van der Waals surface area contributed by atoms with Crippen LogP contribution in [0, 0.1) is 6.92 Å². The highest BCUT2D eigenvalue weighted by molar-refractivity contribution is 5.36. The number of nitrogens with one attached hydrogen (secondary N) is 1. The Morgan fingerprint density at radius 1 is 1.35 bits per heavy atom. The lowest BCUT2D eigenvalue weighted by Crippen LogP contribution is -2.46. The Bertz CT molecular complexity index is 376. The summed E-state index contributed by atoms with van der Waals surface area (Å²) >= 11 is 0. The first kappa shape index (κ1) is 12.4. The summed E-state index contributed by atoms with van der Waals surface area (Å²) in [5, 5.41) is 22.4. The zero-order chi connectivity index (χ0) is 12.3. The van der Waals surface area contributed by atoms with Gasteiger partial charge in [0.1, 0.15) is 5.75 Å². The Labute approximate surface area is 102 Å². The second-order valence-corrected chi connectivity index (χ2v) is 4.53. The first-order chi connectivity index (χ1) is 8.22. The molecule has 0 saturated carbocycles. The summed E-state index contributed by atoms with van der Waals surface area (Å²) in [5.41, 5.74) is 1.93. The molecule has 1 aliphatic heterocycles. The summed E-state index contributed by atoms with van der Waals surface area (Å²) < 4.78 is 0. The van der Waals surface area contributed by atoms with Crippen molar-refractivity contribution in [1.82, 2.24) is 10.2 Å². The van der Waals surface area contributed by atoms with Gasteiger partial charge in [0.15, 0.2) is 0 Å². The van der Waals surface area contributed by atoms with Gasteiger partial charge < -0.3 is 15.5 Å². The molecule has 94 valence electrons. The largest absolute Gasteiger partial charge is 0.508 e. The standard InChI is InChI=1S/C13H20N2O2/c1-10-8-11(2-3-13(10)17)12(9-16)15-6-4-14-5-7-15/h2-3,8,12,14,16-17H,4-7,9H2,1H3/t12-/m0/s1. The number of phenolic OH excluding ortho intramolecular Hbond substituents is 1. The van der Waals surface area contributed by atoms with E-state index in [1.165, 1.54) is 0 Å². The van der Waals surface area contributed by atoms with Crippen molar-refractivity contribution in [2.45, 2.75) is 13.0 Å². The van der Waals surface area contributed by atoms with Gasteiger partial charge in [-0.1, -0.05) is 12.1 Å². The van der Waals surface area contributed by atoms with Crippen LogP contribution in [-0.4, -0.2) is 47.9 Å². The van der Waals surface area contributed by atoms with E-state index in [0.717, 1.165) is 37.3 Å². The molecular formula is C13H20N2O2. The van der Waals surface area contributed by atoms with Gasteiger partial charge in [-0.2, -0.15) is 0 Å². The lowest BCUT2D eigenvalue weighted by atomic mass is 10.0. The van der Waals surface area contributed by atoms with E-state index >= 15 is 0 Å². The van der Waals surface area contributed by atoms with Gasteiger partial charge in [-0.3, -0.25) is 4.90 Å². The number of rotatable bonds is 3. The highest BCUT2D eigenvalue weighted by atomic mass is 16.3. The molecule has 3 N–H and O–H groups in total. The lowest BCUT2D eigenvalue weighted by molar-refractivity contribution is 0.111. The molecule has 4 heteroatoms. The number of aryl methyl sites for hydroxylation is 1. The molecule has 4 nitrogen and oxygen atoms in total. The Hall–Kier alpha value is -1.10. The fraction of sp³-hybridized carbons (Fsp3) is 0.538. The van der Waals surface area contributed by atoms with Gasteiger partial charge in [-0.25, -0.2) is 0 Å². The van der Waals surface area contributed by atoms with Gasteiger partial charge in [0.05, 0.1) is 12.6 Å². The molecule has 1 aliphatic rings. The third-order valence-electron chi connectivity index (χ3n) is 3.37. The molecule has 0 bridgehead atoms. The molecule has 1 atom stereocenters. The van der Waals surface area contributed by atoms with E-state index in [1.807, 2.05) is 19.1 Å². The number of aromatic hydroxyl groups is 1. The Balaban J connectivity index is 2.18. The van der Waals surface area contributed by atoms with Crippen molar-refractivity contribution in [2.75, 3.05) is 32.8 Å². The van der Waals surface area contributed by atoms with Crippen LogP contribution in [0.5, 0.6) is 5.75 Å². The third-order valence-corrected chi connectivity index (χ3v) is 3.37. The van der Waals surface area contributed by atoms with Crippen molar-refractivity contribution in [1.29, 1.82) is 0 Å². The quantitative estimate of drug-likeness (QED) is 0.721. The first-order valence-corrected chi connectivity index (χ1v) is 6.07. The van der Waals surface area contributed by atoms with Gasteiger partial charge in [0.2, 0.25) is 0 Å². The molecule has 0 aromatic heterocycles. The topological polar surface area (TPSA) is 55.7 Å². The molecule has 1 saturated heterocycles. The molecule has 1 aromatic rings. The molecule has 0 amide bonds. The number of aliphatic hydroxyl groups excluding tert-OH is 1. The van der Waals surface area contributed by atoms with E-state index < -0.39 is 0 Å². The fourth-order valence-corrected chi connectivity index (χ4v) is 2.31. The zero-order valence-corrected chi connectivity index (χ0v) is 10.2. The number of hydrogen-bond donors (Lipinski definition) is 3. The fourth-order valence-electron chi connectivity index (χ4n) is 2.31. The monoisotopic (exact) mass is 236 g/mol. The second-order valence-electron chi connectivity index (χ2n) is 4.53. The van der Waals surface area contributed by atoms with E-state index in [4.69, 9.17) is 0 Å². The van der Waals surface area contributed by atoms with E-state index in [9.17, 15) is 10.2 Å². The molecule has 1 heterocycles. The van der Waals surface area contributed by atoms with E-state index in [1.54, 1.807) is 6.07 Å². The molecule has 0 spiro atoms. The van der Waals surface area contributed by atoms with Crippen LogP contribution < -0.4 is 5.32 Å². The van der Waals surface area contributed by atoms with Gasteiger partial charge in [-0.05, 0) is 24.1 Å². The van der Waals surface area contributed by atoms with Crippen molar-refractivity contribution in [3.8, 4) is 5.75 Å². The molecule has 0 aliphatic carbocycles. The summed E-state index contributed by atoms with van der Waals surface area (Å²) in [6.07, 6.45) is 0. The number of nitrogens with zero attached hydrogens (tertiary/aromatic N) is 1. The van der Waals surface area contributed by atoms with Crippen molar-refractivity contribution in [3.63, 3.8) is 0 Å². The zero-order valence-electron chi connectivity index (χ0n) is 10.2. The van der Waals surface area contributed by atoms with Crippen LogP contribution in [0.25, 0.3) is 0 Å². The predicted molar refractivity (Wildman–Crippen MR) is 67.1 cm³/mol. The summed E-state index contributed by atoms with van der Waals surface area (Å²) in [6, 6.07) is 5.59. The number of phenols is 1. The second kappa shape index (κ2) is 5.49. The predicted octanol–water partition coefficient (Wildman–Crippen LogP) is 0.639. The minimum atomic E-state index is 0.0383. The molecule has 17 heavy (non-hydrogen) atoms. The maximum absolute atomic E-state index is 9.57. The molecule has 0 unspecified atom stereocenters. The number of aliphatic hydroxyl groups is 1. The van der Waals surface area contributed by atoms with Crippen LogP contribution in [0.1, 0.15) is 17.2 Å². The number of hydrogen-bond acceptors (Lipinski definition) is 4. The van der Waals surface area contributed by atoms with Crippen molar-refractivity contribution < 1.29 is 10.2 Å². The summed E-state index contributed by atoms with van der Waals surface area (Å²) in [6.45, 7) is 5.83. The summed E-state index contributed by atoms with van der Waals surface area (Å²) in [5.74, 6) is 0.311. The molecular weight excluding hydrogens is 216 g/mol. The maximum atomic E-state index is 9.57. The average Bonchev–Trinajstić information content (AvgIpc) is 2.36. The van der Waals surface area contributed by atoms with E-state index in [0.29, 0.717) is 5.75 Å². The molecule has 0 radical (unpaired) electrons. The van der Waals surface area contributed by atoms with E-state index in [2.05, 4.69) is 10.2 Å². The average molecular weight is 236 g/mol. The first-order valence-electron chi connectivity index (χ1n) is 6.07. The SMILES string of the molecule is Cc1cc([C@H](CO)N2CCNCC2)ccc1O. The minimum Gasteiger partial charge on any atom is -0.508 e. The van der Waals surface area contributed by atoms with Crippen molar-refractivity contribution in [3.05, 3.63) is 29.3 Å². The molecule has 2 rings (SSSR count). The lowest BCUT2D eigenvalue weighted by Gasteiger charge is -2.34. The van der Waals surface area contributed by atoms with Crippen LogP contribution in [-0.2, 0) is 0 Å². The van der Waals surface area contributed by atoms with E-state index in [-0.39, 0.29) is 12.6 Å². The maximum Gasteiger partial charge on any atom is 0.118 e. The summed E-state index contributed by atoms with van der Waals surface area (Å²) in [4.78, 5) is 2.28. The van der Waals surface area contributed by atoms with Gasteiger partial charge in [0, 0.05) is 26.2 Å². The minimum absolute atomic E-state index is 0.0383. The van der Waals surface area contributed by atoms with Crippen LogP contribution in [0.4, 0.5) is 0 Å². The van der Waals surface area contributed by atoms with Gasteiger partial charge >= 0.3 is 0 Å². The normalized spacial score (nSPS) is 19.2. The van der Waals surface area contributed by atoms with Crippen LogP contribution in [0.3, 0.4) is 0 Å². The number of piperazine rings is 1. The van der Waals surface area contributed by atoms with Gasteiger partial charge in [-0.15, -0.1) is 0 Å². The highest BCUT2D eigenvalue weighted by Crippen LogP contribution is 2.25. The smallest absolute Gasteiger partial charge is 0.118 e. The summed E-state index contributed by atoms with van der Waals surface area (Å²) in [7, 11) is 0. The molecule has 1 fully saturated rings.